The predicted molar refractivity (Wildman–Crippen MR) is 81.6 cm³/mol. The number of carbonyl (C=O) groups excluding carboxylic acids is 2. The number of Topliss-reactive ketones (excluding diaryl/α,β-unsaturated/α-hetero) is 1. The van der Waals surface area contributed by atoms with Crippen molar-refractivity contribution < 1.29 is 14.3 Å². The summed E-state index contributed by atoms with van der Waals surface area (Å²) < 4.78 is 5.10. The number of rotatable bonds is 5. The Morgan fingerprint density at radius 3 is 2.45 bits per heavy atom. The van der Waals surface area contributed by atoms with Crippen molar-refractivity contribution in [3.63, 3.8) is 0 Å². The Kier molecular flexibility index (Phi) is 5.77. The van der Waals surface area contributed by atoms with E-state index in [1.54, 1.807) is 18.2 Å². The smallest absolute Gasteiger partial charge is 0.308 e. The molecule has 0 aromatic heterocycles. The zero-order chi connectivity index (χ0) is 15.3. The summed E-state index contributed by atoms with van der Waals surface area (Å²) in [6, 6.07) is 5.11. The van der Waals surface area contributed by atoms with E-state index >= 15 is 0 Å². The number of ether oxygens (including phenoxy) is 1. The average Bonchev–Trinajstić information content (AvgIpc) is 2.34. The molecule has 0 aliphatic carbocycles. The summed E-state index contributed by atoms with van der Waals surface area (Å²) in [6.45, 7) is 7.67. The molecule has 0 spiro atoms. The Labute approximate surface area is 124 Å². The molecule has 5 heteroatoms. The Bertz CT molecular complexity index is 506. The molecule has 0 aliphatic heterocycles. The van der Waals surface area contributed by atoms with Gasteiger partial charge in [-0.15, -0.1) is 11.8 Å². The molecule has 110 valence electrons. The first kappa shape index (κ1) is 16.7. The molecule has 0 heterocycles. The van der Waals surface area contributed by atoms with Crippen LogP contribution in [0, 0.1) is 0 Å². The van der Waals surface area contributed by atoms with Gasteiger partial charge in [0.1, 0.15) is 5.75 Å². The van der Waals surface area contributed by atoms with Gasteiger partial charge in [-0.25, -0.2) is 0 Å². The molecule has 0 saturated carbocycles. The van der Waals surface area contributed by atoms with Crippen molar-refractivity contribution in [2.24, 2.45) is 0 Å². The van der Waals surface area contributed by atoms with E-state index in [1.165, 1.54) is 18.7 Å². The van der Waals surface area contributed by atoms with Crippen LogP contribution in [0.5, 0.6) is 5.75 Å². The minimum atomic E-state index is -0.367. The fourth-order valence-corrected chi connectivity index (χ4v) is 2.08. The molecule has 0 unspecified atom stereocenters. The van der Waals surface area contributed by atoms with Gasteiger partial charge in [-0.3, -0.25) is 9.59 Å². The lowest BCUT2D eigenvalue weighted by Crippen LogP contribution is -2.39. The van der Waals surface area contributed by atoms with Crippen molar-refractivity contribution in [3.8, 4) is 5.75 Å². The number of hydrogen-bond donors (Lipinski definition) is 1. The molecule has 0 bridgehead atoms. The van der Waals surface area contributed by atoms with Gasteiger partial charge in [0.25, 0.3) is 0 Å². The first-order valence-electron chi connectivity index (χ1n) is 6.37. The number of benzene rings is 1. The fraction of sp³-hybridized carbons (Fsp3) is 0.467. The SMILES string of the molecule is CSc1cc(C(=O)CNC(C)(C)C)ccc1OC(C)=O. The summed E-state index contributed by atoms with van der Waals surface area (Å²) in [4.78, 5) is 23.9. The highest BCUT2D eigenvalue weighted by Gasteiger charge is 2.14. The largest absolute Gasteiger partial charge is 0.426 e. The normalized spacial score (nSPS) is 11.2. The van der Waals surface area contributed by atoms with Crippen LogP contribution in [0.1, 0.15) is 38.1 Å². The van der Waals surface area contributed by atoms with Gasteiger partial charge in [0.2, 0.25) is 0 Å². The third-order valence-corrected chi connectivity index (χ3v) is 3.28. The lowest BCUT2D eigenvalue weighted by Gasteiger charge is -2.20. The summed E-state index contributed by atoms with van der Waals surface area (Å²) in [5.74, 6) is 0.142. The second kappa shape index (κ2) is 6.90. The van der Waals surface area contributed by atoms with Gasteiger partial charge in [-0.1, -0.05) is 0 Å². The zero-order valence-corrected chi connectivity index (χ0v) is 13.4. The topological polar surface area (TPSA) is 55.4 Å². The van der Waals surface area contributed by atoms with E-state index in [9.17, 15) is 9.59 Å². The molecule has 1 N–H and O–H groups in total. The van der Waals surface area contributed by atoms with E-state index < -0.39 is 0 Å². The maximum Gasteiger partial charge on any atom is 0.308 e. The van der Waals surface area contributed by atoms with Crippen molar-refractivity contribution in [1.29, 1.82) is 0 Å². The summed E-state index contributed by atoms with van der Waals surface area (Å²) >= 11 is 1.44. The van der Waals surface area contributed by atoms with Crippen LogP contribution in [0.25, 0.3) is 0 Å². The molecule has 0 amide bonds. The standard InChI is InChI=1S/C15H21NO3S/c1-10(17)19-13-7-6-11(8-14(13)20-5)12(18)9-16-15(2,3)4/h6-8,16H,9H2,1-5H3. The van der Waals surface area contributed by atoms with Gasteiger partial charge >= 0.3 is 5.97 Å². The first-order chi connectivity index (χ1) is 9.23. The molecular weight excluding hydrogens is 274 g/mol. The Hall–Kier alpha value is -1.33. The number of hydrogen-bond acceptors (Lipinski definition) is 5. The van der Waals surface area contributed by atoms with Crippen molar-refractivity contribution in [1.82, 2.24) is 5.32 Å². The number of esters is 1. The minimum absolute atomic E-state index is 0.0181. The molecule has 4 nitrogen and oxygen atoms in total. The minimum Gasteiger partial charge on any atom is -0.426 e. The van der Waals surface area contributed by atoms with Crippen LogP contribution in [0.4, 0.5) is 0 Å². The summed E-state index contributed by atoms with van der Waals surface area (Å²) in [5.41, 5.74) is 0.511. The molecule has 0 saturated heterocycles. The van der Waals surface area contributed by atoms with Crippen molar-refractivity contribution in [3.05, 3.63) is 23.8 Å². The third kappa shape index (κ3) is 5.35. The predicted octanol–water partition coefficient (Wildman–Crippen LogP) is 2.90. The van der Waals surface area contributed by atoms with Gasteiger partial charge in [0.15, 0.2) is 5.78 Å². The van der Waals surface area contributed by atoms with Gasteiger partial charge < -0.3 is 10.1 Å². The third-order valence-electron chi connectivity index (χ3n) is 2.52. The molecule has 1 aromatic rings. The highest BCUT2D eigenvalue weighted by molar-refractivity contribution is 7.98. The molecular formula is C15H21NO3S. The van der Waals surface area contributed by atoms with Gasteiger partial charge in [-0.05, 0) is 45.2 Å². The van der Waals surface area contributed by atoms with Crippen LogP contribution < -0.4 is 10.1 Å². The van der Waals surface area contributed by atoms with Crippen LogP contribution in [-0.4, -0.2) is 30.1 Å². The van der Waals surface area contributed by atoms with E-state index in [-0.39, 0.29) is 23.8 Å². The molecule has 20 heavy (non-hydrogen) atoms. The number of nitrogens with one attached hydrogen (secondary N) is 1. The average molecular weight is 295 g/mol. The van der Waals surface area contributed by atoms with Crippen molar-refractivity contribution >= 4 is 23.5 Å². The van der Waals surface area contributed by atoms with Crippen LogP contribution >= 0.6 is 11.8 Å². The Balaban J connectivity index is 2.86. The van der Waals surface area contributed by atoms with Gasteiger partial charge in [0, 0.05) is 18.0 Å². The van der Waals surface area contributed by atoms with Gasteiger partial charge in [-0.2, -0.15) is 0 Å². The Morgan fingerprint density at radius 2 is 1.95 bits per heavy atom. The lowest BCUT2D eigenvalue weighted by molar-refractivity contribution is -0.132. The highest BCUT2D eigenvalue weighted by Crippen LogP contribution is 2.29. The number of ketones is 1. The van der Waals surface area contributed by atoms with E-state index in [1.807, 2.05) is 27.0 Å². The quantitative estimate of drug-likeness (QED) is 0.392. The van der Waals surface area contributed by atoms with E-state index in [0.717, 1.165) is 4.90 Å². The van der Waals surface area contributed by atoms with Crippen LogP contribution in [0.15, 0.2) is 23.1 Å². The molecule has 0 fully saturated rings. The second-order valence-electron chi connectivity index (χ2n) is 5.49. The maximum absolute atomic E-state index is 12.1. The second-order valence-corrected chi connectivity index (χ2v) is 6.33. The number of carbonyl (C=O) groups is 2. The molecule has 1 aromatic carbocycles. The van der Waals surface area contributed by atoms with Crippen molar-refractivity contribution in [2.45, 2.75) is 38.1 Å². The monoisotopic (exact) mass is 295 g/mol. The lowest BCUT2D eigenvalue weighted by atomic mass is 10.1. The fourth-order valence-electron chi connectivity index (χ4n) is 1.53. The highest BCUT2D eigenvalue weighted by atomic mass is 32.2. The molecule has 0 aliphatic rings. The Morgan fingerprint density at radius 1 is 1.30 bits per heavy atom. The van der Waals surface area contributed by atoms with Crippen LogP contribution in [-0.2, 0) is 4.79 Å². The number of thioether (sulfide) groups is 1. The summed E-state index contributed by atoms with van der Waals surface area (Å²) in [5, 5.41) is 3.16. The zero-order valence-electron chi connectivity index (χ0n) is 12.6. The summed E-state index contributed by atoms with van der Waals surface area (Å²) in [7, 11) is 0. The first-order valence-corrected chi connectivity index (χ1v) is 7.60. The van der Waals surface area contributed by atoms with Gasteiger partial charge in [0.05, 0.1) is 11.4 Å². The van der Waals surface area contributed by atoms with E-state index in [4.69, 9.17) is 4.74 Å². The maximum atomic E-state index is 12.1. The molecule has 1 rings (SSSR count). The van der Waals surface area contributed by atoms with Crippen LogP contribution in [0.3, 0.4) is 0 Å². The molecule has 0 radical (unpaired) electrons. The molecule has 0 atom stereocenters. The van der Waals surface area contributed by atoms with E-state index in [0.29, 0.717) is 11.3 Å². The van der Waals surface area contributed by atoms with Crippen molar-refractivity contribution in [2.75, 3.05) is 12.8 Å². The van der Waals surface area contributed by atoms with E-state index in [2.05, 4.69) is 5.32 Å². The van der Waals surface area contributed by atoms with Crippen LogP contribution in [0.2, 0.25) is 0 Å². The summed E-state index contributed by atoms with van der Waals surface area (Å²) in [6.07, 6.45) is 1.88.